The number of likely N-dealkylation sites (N-methyl/N-ethyl adjacent to an activating group) is 1. The molecule has 5 N–H and O–H groups in total. The highest BCUT2D eigenvalue weighted by molar-refractivity contribution is 6.01. The maximum atomic E-state index is 12.7. The molecule has 4 heterocycles. The predicted octanol–water partition coefficient (Wildman–Crippen LogP) is -0.437. The van der Waals surface area contributed by atoms with Gasteiger partial charge in [-0.15, -0.1) is 0 Å². The second kappa shape index (κ2) is 13.4. The third kappa shape index (κ3) is 7.59. The molecule has 1 atom stereocenters. The van der Waals surface area contributed by atoms with Crippen molar-refractivity contribution in [1.29, 1.82) is 0 Å². The third-order valence-corrected chi connectivity index (χ3v) is 8.03. The Kier molecular flexibility index (Phi) is 9.75. The van der Waals surface area contributed by atoms with Crippen LogP contribution >= 0.6 is 0 Å². The quantitative estimate of drug-likeness (QED) is 0.159. The van der Waals surface area contributed by atoms with Crippen LogP contribution in [0.3, 0.4) is 0 Å². The monoisotopic (exact) mass is 552 g/mol. The van der Waals surface area contributed by atoms with Crippen molar-refractivity contribution < 1.29 is 19.2 Å². The van der Waals surface area contributed by atoms with Gasteiger partial charge in [-0.3, -0.25) is 34.4 Å². The van der Waals surface area contributed by atoms with Crippen LogP contribution in [0.25, 0.3) is 0 Å². The van der Waals surface area contributed by atoms with Gasteiger partial charge in [0.05, 0.1) is 29.8 Å². The molecule has 0 spiro atoms. The van der Waals surface area contributed by atoms with Crippen molar-refractivity contribution in [3.8, 4) is 0 Å². The number of piperidine rings is 2. The number of aromatic nitrogens is 1. The maximum absolute atomic E-state index is 12.7. The number of hydrogen-bond acceptors (Lipinski definition) is 10. The van der Waals surface area contributed by atoms with E-state index in [1.807, 2.05) is 18.3 Å². The number of amides is 3. The average molecular weight is 553 g/mol. The predicted molar refractivity (Wildman–Crippen MR) is 150 cm³/mol. The second-order valence-corrected chi connectivity index (χ2v) is 10.8. The van der Waals surface area contributed by atoms with Crippen molar-refractivity contribution in [1.82, 2.24) is 25.0 Å². The highest BCUT2D eigenvalue weighted by atomic mass is 16.2. The van der Waals surface area contributed by atoms with Gasteiger partial charge in [-0.2, -0.15) is 0 Å². The molecule has 3 amide bonds. The van der Waals surface area contributed by atoms with Gasteiger partial charge >= 0.3 is 0 Å². The van der Waals surface area contributed by atoms with Crippen molar-refractivity contribution in [2.24, 2.45) is 17.4 Å². The first-order valence-electron chi connectivity index (χ1n) is 13.9. The highest BCUT2D eigenvalue weighted by Gasteiger charge is 2.32. The molecule has 12 nitrogen and oxygen atoms in total. The Morgan fingerprint density at radius 3 is 2.42 bits per heavy atom. The van der Waals surface area contributed by atoms with Crippen LogP contribution in [0.1, 0.15) is 31.4 Å². The van der Waals surface area contributed by atoms with Crippen LogP contribution in [0.5, 0.6) is 0 Å². The van der Waals surface area contributed by atoms with E-state index in [1.165, 1.54) is 4.90 Å². The van der Waals surface area contributed by atoms with Gasteiger partial charge in [0.2, 0.25) is 17.7 Å². The molecular weight excluding hydrogens is 512 g/mol. The first-order valence-corrected chi connectivity index (χ1v) is 13.9. The van der Waals surface area contributed by atoms with E-state index in [1.54, 1.807) is 19.2 Å². The minimum Gasteiger partial charge on any atom is -0.396 e. The SMILES string of the molecule is CN(C(=O)Cc1ccc(N2CCN(CC3CCN(/C(N)=C/C=C(\N)C=O)CC3)CC2)cn1)C1CCC(=O)NC1=O. The zero-order valence-corrected chi connectivity index (χ0v) is 23.1. The van der Waals surface area contributed by atoms with Crippen LogP contribution in [0.2, 0.25) is 0 Å². The zero-order chi connectivity index (χ0) is 28.6. The molecule has 40 heavy (non-hydrogen) atoms. The summed E-state index contributed by atoms with van der Waals surface area (Å²) in [5.41, 5.74) is 13.5. The molecule has 0 radical (unpaired) electrons. The number of nitrogens with one attached hydrogen (secondary N) is 1. The number of pyridine rings is 1. The second-order valence-electron chi connectivity index (χ2n) is 10.8. The number of carbonyl (C=O) groups is 4. The number of imide groups is 1. The molecule has 3 aliphatic rings. The van der Waals surface area contributed by atoms with Gasteiger partial charge in [0.25, 0.3) is 0 Å². The molecule has 1 unspecified atom stereocenters. The first kappa shape index (κ1) is 29.1. The molecule has 3 fully saturated rings. The molecule has 4 rings (SSSR count). The van der Waals surface area contributed by atoms with Crippen molar-refractivity contribution in [2.45, 2.75) is 38.1 Å². The fourth-order valence-corrected chi connectivity index (χ4v) is 5.47. The first-order chi connectivity index (χ1) is 19.2. The number of nitrogens with two attached hydrogens (primary N) is 2. The number of aldehydes is 1. The molecular formula is C28H40N8O4. The van der Waals surface area contributed by atoms with E-state index >= 15 is 0 Å². The molecule has 0 aliphatic carbocycles. The van der Waals surface area contributed by atoms with Gasteiger partial charge < -0.3 is 26.2 Å². The van der Waals surface area contributed by atoms with Gasteiger partial charge in [-0.25, -0.2) is 0 Å². The number of rotatable bonds is 9. The molecule has 0 saturated carbocycles. The fraction of sp³-hybridized carbons (Fsp3) is 0.536. The lowest BCUT2D eigenvalue weighted by Crippen LogP contribution is -2.53. The van der Waals surface area contributed by atoms with Crippen molar-refractivity contribution >= 4 is 29.7 Å². The fourth-order valence-electron chi connectivity index (χ4n) is 5.47. The van der Waals surface area contributed by atoms with Gasteiger partial charge in [0, 0.05) is 65.0 Å². The number of hydrogen-bond donors (Lipinski definition) is 3. The summed E-state index contributed by atoms with van der Waals surface area (Å²) in [6.07, 6.45) is 8.49. The Hall–Kier alpha value is -3.93. The third-order valence-electron chi connectivity index (χ3n) is 8.03. The van der Waals surface area contributed by atoms with E-state index in [0.717, 1.165) is 64.3 Å². The summed E-state index contributed by atoms with van der Waals surface area (Å²) in [5, 5.41) is 2.29. The van der Waals surface area contributed by atoms with E-state index in [2.05, 4.69) is 25.0 Å². The minimum atomic E-state index is -0.625. The summed E-state index contributed by atoms with van der Waals surface area (Å²) >= 11 is 0. The summed E-state index contributed by atoms with van der Waals surface area (Å²) in [6.45, 7) is 6.65. The number of carbonyl (C=O) groups excluding carboxylic acids is 4. The normalized spacial score (nSPS) is 21.8. The van der Waals surface area contributed by atoms with Gasteiger partial charge in [0.15, 0.2) is 6.29 Å². The van der Waals surface area contributed by atoms with Crippen LogP contribution < -0.4 is 21.7 Å². The molecule has 12 heteroatoms. The number of anilines is 1. The molecule has 0 aromatic carbocycles. The average Bonchev–Trinajstić information content (AvgIpc) is 2.96. The van der Waals surface area contributed by atoms with Crippen LogP contribution in [-0.4, -0.2) is 103 Å². The lowest BCUT2D eigenvalue weighted by Gasteiger charge is -2.40. The smallest absolute Gasteiger partial charge is 0.249 e. The van der Waals surface area contributed by atoms with E-state index in [-0.39, 0.29) is 30.4 Å². The molecule has 0 bridgehead atoms. The maximum Gasteiger partial charge on any atom is 0.249 e. The standard InChI is InChI=1S/C28H40N8O4/c1-33(24-5-7-26(38)32-28(24)40)27(39)16-22-3-4-23(17-31-22)35-14-12-34(13-15-35)18-20-8-10-36(11-9-20)25(30)6-2-21(29)19-37/h2-4,6,17,19-20,24H,5,7-16,18,29-30H2,1H3,(H,32,38,40)/b21-2-,25-6+. The zero-order valence-electron chi connectivity index (χ0n) is 23.1. The number of piperazine rings is 1. The van der Waals surface area contributed by atoms with Gasteiger partial charge in [-0.05, 0) is 49.5 Å². The Labute approximate surface area is 235 Å². The van der Waals surface area contributed by atoms with Crippen LogP contribution in [0, 0.1) is 5.92 Å². The number of nitrogens with zero attached hydrogens (tertiary/aromatic N) is 5. The lowest BCUT2D eigenvalue weighted by molar-refractivity contribution is -0.144. The Balaban J connectivity index is 1.19. The molecule has 216 valence electrons. The Bertz CT molecular complexity index is 1140. The number of likely N-dealkylation sites (tertiary alicyclic amines) is 1. The van der Waals surface area contributed by atoms with Crippen molar-refractivity contribution in [3.63, 3.8) is 0 Å². The summed E-state index contributed by atoms with van der Waals surface area (Å²) < 4.78 is 0. The Morgan fingerprint density at radius 2 is 1.80 bits per heavy atom. The Morgan fingerprint density at radius 1 is 1.07 bits per heavy atom. The molecule has 1 aromatic rings. The van der Waals surface area contributed by atoms with Crippen molar-refractivity contribution in [3.05, 3.63) is 47.7 Å². The summed E-state index contributed by atoms with van der Waals surface area (Å²) in [6, 6.07) is 3.25. The van der Waals surface area contributed by atoms with Crippen LogP contribution in [0.15, 0.2) is 42.0 Å². The molecule has 1 aromatic heterocycles. The summed E-state index contributed by atoms with van der Waals surface area (Å²) in [7, 11) is 1.60. The van der Waals surface area contributed by atoms with E-state index in [0.29, 0.717) is 30.1 Å². The van der Waals surface area contributed by atoms with Crippen LogP contribution in [-0.2, 0) is 25.6 Å². The van der Waals surface area contributed by atoms with Gasteiger partial charge in [0.1, 0.15) is 6.04 Å². The van der Waals surface area contributed by atoms with E-state index < -0.39 is 11.9 Å². The summed E-state index contributed by atoms with van der Waals surface area (Å²) in [5.74, 6) is 0.346. The largest absolute Gasteiger partial charge is 0.396 e. The molecule has 3 aliphatic heterocycles. The topological polar surface area (TPSA) is 158 Å². The number of allylic oxidation sites excluding steroid dienone is 3. The van der Waals surface area contributed by atoms with E-state index in [4.69, 9.17) is 11.5 Å². The lowest BCUT2D eigenvalue weighted by atomic mass is 9.96. The summed E-state index contributed by atoms with van der Waals surface area (Å²) in [4.78, 5) is 59.7. The minimum absolute atomic E-state index is 0.103. The van der Waals surface area contributed by atoms with E-state index in [9.17, 15) is 19.2 Å². The van der Waals surface area contributed by atoms with Crippen LogP contribution in [0.4, 0.5) is 5.69 Å². The van der Waals surface area contributed by atoms with Crippen molar-refractivity contribution in [2.75, 3.05) is 57.8 Å². The van der Waals surface area contributed by atoms with Gasteiger partial charge in [-0.1, -0.05) is 0 Å². The highest BCUT2D eigenvalue weighted by Crippen LogP contribution is 2.22. The molecule has 3 saturated heterocycles.